The first-order valence-corrected chi connectivity index (χ1v) is 4.29. The third-order valence-corrected chi connectivity index (χ3v) is 1.51. The molecule has 0 amide bonds. The summed E-state index contributed by atoms with van der Waals surface area (Å²) in [4.78, 5) is 11.2. The van der Waals surface area contributed by atoms with E-state index in [1.165, 1.54) is 6.26 Å². The van der Waals surface area contributed by atoms with Crippen LogP contribution in [0.2, 0.25) is 0 Å². The van der Waals surface area contributed by atoms with Crippen LogP contribution in [-0.2, 0) is 9.53 Å². The molecule has 0 saturated heterocycles. The molecular formula is C11H16O2. The van der Waals surface area contributed by atoms with Crippen LogP contribution in [0.3, 0.4) is 0 Å². The quantitative estimate of drug-likeness (QED) is 0.281. The summed E-state index contributed by atoms with van der Waals surface area (Å²) >= 11 is 0. The number of allylic oxidation sites excluding steroid dienone is 2. The number of ether oxygens (including phenoxy) is 1. The van der Waals surface area contributed by atoms with E-state index >= 15 is 0 Å². The molecule has 0 aliphatic rings. The van der Waals surface area contributed by atoms with Crippen LogP contribution < -0.4 is 0 Å². The Morgan fingerprint density at radius 3 is 2.62 bits per heavy atom. The maximum absolute atomic E-state index is 11.2. The lowest BCUT2D eigenvalue weighted by molar-refractivity contribution is -0.133. The van der Waals surface area contributed by atoms with E-state index in [4.69, 9.17) is 4.74 Å². The van der Waals surface area contributed by atoms with Crippen molar-refractivity contribution < 1.29 is 9.53 Å². The normalized spacial score (nSPS) is 10.8. The van der Waals surface area contributed by atoms with Crippen LogP contribution in [0.15, 0.2) is 36.6 Å². The van der Waals surface area contributed by atoms with Crippen molar-refractivity contribution in [1.29, 1.82) is 0 Å². The van der Waals surface area contributed by atoms with E-state index in [-0.39, 0.29) is 5.97 Å². The number of hydrogen-bond acceptors (Lipinski definition) is 2. The summed E-state index contributed by atoms with van der Waals surface area (Å²) < 4.78 is 4.84. The summed E-state index contributed by atoms with van der Waals surface area (Å²) in [6.45, 7) is 11.0. The summed E-state index contributed by atoms with van der Waals surface area (Å²) in [5.74, 6) is -0.358. The molecule has 0 rings (SSSR count). The van der Waals surface area contributed by atoms with Gasteiger partial charge in [0.25, 0.3) is 0 Å². The molecule has 0 aliphatic carbocycles. The molecule has 0 aromatic heterocycles. The molecule has 0 spiro atoms. The predicted molar refractivity (Wildman–Crippen MR) is 54.1 cm³/mol. The van der Waals surface area contributed by atoms with Crippen LogP contribution in [0.25, 0.3) is 0 Å². The molecule has 72 valence electrons. The van der Waals surface area contributed by atoms with Crippen molar-refractivity contribution >= 4 is 5.97 Å². The second-order valence-corrected chi connectivity index (χ2v) is 2.82. The van der Waals surface area contributed by atoms with E-state index in [1.807, 2.05) is 13.8 Å². The first-order valence-electron chi connectivity index (χ1n) is 4.29. The maximum Gasteiger partial charge on any atom is 0.338 e. The van der Waals surface area contributed by atoms with E-state index in [0.29, 0.717) is 12.0 Å². The highest BCUT2D eigenvalue weighted by atomic mass is 16.5. The fourth-order valence-corrected chi connectivity index (χ4v) is 0.682. The number of esters is 1. The smallest absolute Gasteiger partial charge is 0.338 e. The van der Waals surface area contributed by atoms with Crippen molar-refractivity contribution in [1.82, 2.24) is 0 Å². The first kappa shape index (κ1) is 11.7. The highest BCUT2D eigenvalue weighted by Crippen LogP contribution is 2.05. The minimum Gasteiger partial charge on any atom is -0.431 e. The Balaban J connectivity index is 4.01. The SMILES string of the molecule is C=CC(C)=COC(=O)C(=C)CCC. The van der Waals surface area contributed by atoms with Gasteiger partial charge in [0.2, 0.25) is 0 Å². The third-order valence-electron chi connectivity index (χ3n) is 1.51. The van der Waals surface area contributed by atoms with Crippen molar-refractivity contribution in [2.75, 3.05) is 0 Å². The molecule has 0 N–H and O–H groups in total. The lowest BCUT2D eigenvalue weighted by Crippen LogP contribution is -2.02. The van der Waals surface area contributed by atoms with Crippen LogP contribution in [-0.4, -0.2) is 5.97 Å². The molecule has 2 nitrogen and oxygen atoms in total. The third kappa shape index (κ3) is 5.01. The maximum atomic E-state index is 11.2. The topological polar surface area (TPSA) is 26.3 Å². The number of carbonyl (C=O) groups excluding carboxylic acids is 1. The Morgan fingerprint density at radius 2 is 2.15 bits per heavy atom. The van der Waals surface area contributed by atoms with Crippen molar-refractivity contribution in [2.45, 2.75) is 26.7 Å². The fourth-order valence-electron chi connectivity index (χ4n) is 0.682. The van der Waals surface area contributed by atoms with E-state index in [9.17, 15) is 4.79 Å². The summed E-state index contributed by atoms with van der Waals surface area (Å²) in [5.41, 5.74) is 1.33. The standard InChI is InChI=1S/C11H16O2/c1-5-7-10(4)11(12)13-8-9(3)6-2/h6,8H,2,4-5,7H2,1,3H3. The largest absolute Gasteiger partial charge is 0.431 e. The van der Waals surface area contributed by atoms with E-state index in [0.717, 1.165) is 12.0 Å². The molecular weight excluding hydrogens is 164 g/mol. The molecule has 0 radical (unpaired) electrons. The molecule has 0 atom stereocenters. The van der Waals surface area contributed by atoms with Gasteiger partial charge in [0.15, 0.2) is 0 Å². The van der Waals surface area contributed by atoms with Crippen LogP contribution in [0.4, 0.5) is 0 Å². The zero-order valence-electron chi connectivity index (χ0n) is 8.30. The molecule has 0 aliphatic heterocycles. The van der Waals surface area contributed by atoms with Gasteiger partial charge in [0.1, 0.15) is 0 Å². The van der Waals surface area contributed by atoms with Gasteiger partial charge < -0.3 is 4.74 Å². The van der Waals surface area contributed by atoms with Crippen LogP contribution >= 0.6 is 0 Å². The van der Waals surface area contributed by atoms with Gasteiger partial charge in [-0.25, -0.2) is 4.79 Å². The number of rotatable bonds is 5. The molecule has 2 heteroatoms. The first-order chi connectivity index (χ1) is 6.11. The van der Waals surface area contributed by atoms with Gasteiger partial charge in [0, 0.05) is 5.57 Å². The minimum absolute atomic E-state index is 0.358. The average molecular weight is 180 g/mol. The fraction of sp³-hybridized carbons (Fsp3) is 0.364. The molecule has 0 unspecified atom stereocenters. The molecule has 0 aromatic rings. The Morgan fingerprint density at radius 1 is 1.54 bits per heavy atom. The van der Waals surface area contributed by atoms with E-state index in [2.05, 4.69) is 13.2 Å². The van der Waals surface area contributed by atoms with Crippen LogP contribution in [0, 0.1) is 0 Å². The summed E-state index contributed by atoms with van der Waals surface area (Å²) in [6, 6.07) is 0. The Labute approximate surface area is 79.6 Å². The van der Waals surface area contributed by atoms with Crippen molar-refractivity contribution in [2.24, 2.45) is 0 Å². The van der Waals surface area contributed by atoms with Gasteiger partial charge in [-0.1, -0.05) is 32.6 Å². The zero-order valence-corrected chi connectivity index (χ0v) is 8.30. The monoisotopic (exact) mass is 180 g/mol. The van der Waals surface area contributed by atoms with Crippen molar-refractivity contribution in [3.8, 4) is 0 Å². The summed E-state index contributed by atoms with van der Waals surface area (Å²) in [6.07, 6.45) is 4.59. The zero-order chi connectivity index (χ0) is 10.3. The molecule has 13 heavy (non-hydrogen) atoms. The predicted octanol–water partition coefficient (Wildman–Crippen LogP) is 2.98. The highest BCUT2D eigenvalue weighted by molar-refractivity contribution is 5.88. The van der Waals surface area contributed by atoms with Gasteiger partial charge in [-0.15, -0.1) is 0 Å². The van der Waals surface area contributed by atoms with Crippen molar-refractivity contribution in [3.05, 3.63) is 36.6 Å². The second-order valence-electron chi connectivity index (χ2n) is 2.82. The lowest BCUT2D eigenvalue weighted by atomic mass is 10.2. The molecule has 0 bridgehead atoms. The average Bonchev–Trinajstić information content (AvgIpc) is 2.13. The van der Waals surface area contributed by atoms with Crippen molar-refractivity contribution in [3.63, 3.8) is 0 Å². The molecule has 0 heterocycles. The van der Waals surface area contributed by atoms with Crippen LogP contribution in [0.1, 0.15) is 26.7 Å². The molecule has 0 fully saturated rings. The van der Waals surface area contributed by atoms with Crippen LogP contribution in [0.5, 0.6) is 0 Å². The molecule has 0 aromatic carbocycles. The van der Waals surface area contributed by atoms with E-state index in [1.54, 1.807) is 6.08 Å². The Bertz CT molecular complexity index is 236. The summed E-state index contributed by atoms with van der Waals surface area (Å²) in [5, 5.41) is 0. The van der Waals surface area contributed by atoms with E-state index < -0.39 is 0 Å². The lowest BCUT2D eigenvalue weighted by Gasteiger charge is -2.01. The second kappa shape index (κ2) is 6.23. The number of hydrogen-bond donors (Lipinski definition) is 0. The van der Waals surface area contributed by atoms with Gasteiger partial charge in [-0.3, -0.25) is 0 Å². The Hall–Kier alpha value is -1.31. The van der Waals surface area contributed by atoms with Gasteiger partial charge in [0.05, 0.1) is 6.26 Å². The van der Waals surface area contributed by atoms with Gasteiger partial charge in [-0.2, -0.15) is 0 Å². The highest BCUT2D eigenvalue weighted by Gasteiger charge is 2.05. The summed E-state index contributed by atoms with van der Waals surface area (Å²) in [7, 11) is 0. The van der Waals surface area contributed by atoms with Gasteiger partial charge in [-0.05, 0) is 18.9 Å². The van der Waals surface area contributed by atoms with Gasteiger partial charge >= 0.3 is 5.97 Å². The Kier molecular flexibility index (Phi) is 5.60. The minimum atomic E-state index is -0.358. The number of carbonyl (C=O) groups is 1. The molecule has 0 saturated carbocycles.